The molecule has 1 heterocycles. The molecule has 0 saturated heterocycles. The van der Waals surface area contributed by atoms with Gasteiger partial charge in [0.05, 0.1) is 11.0 Å². The van der Waals surface area contributed by atoms with E-state index in [2.05, 4.69) is 101 Å². The van der Waals surface area contributed by atoms with Crippen LogP contribution < -0.4 is 0 Å². The van der Waals surface area contributed by atoms with E-state index in [-0.39, 0.29) is 5.41 Å². The summed E-state index contributed by atoms with van der Waals surface area (Å²) in [6.07, 6.45) is 0. The zero-order valence-electron chi connectivity index (χ0n) is 16.7. The number of hydrogen-bond donors (Lipinski definition) is 0. The molecule has 0 aliphatic heterocycles. The van der Waals surface area contributed by atoms with E-state index in [1.807, 2.05) is 12.1 Å². The molecule has 0 spiro atoms. The van der Waals surface area contributed by atoms with Crippen LogP contribution in [0.2, 0.25) is 5.02 Å². The van der Waals surface area contributed by atoms with Crippen LogP contribution in [0.4, 0.5) is 0 Å². The van der Waals surface area contributed by atoms with Crippen LogP contribution in [-0.2, 0) is 5.41 Å². The van der Waals surface area contributed by atoms with Gasteiger partial charge in [-0.1, -0.05) is 89.9 Å². The highest BCUT2D eigenvalue weighted by atomic mass is 79.9. The Kier molecular flexibility index (Phi) is 3.79. The lowest BCUT2D eigenvalue weighted by atomic mass is 9.82. The largest absolute Gasteiger partial charge is 0.309 e. The predicted molar refractivity (Wildman–Crippen MR) is 131 cm³/mol. The van der Waals surface area contributed by atoms with Gasteiger partial charge in [-0.25, -0.2) is 0 Å². The summed E-state index contributed by atoms with van der Waals surface area (Å²) < 4.78 is 3.30. The monoisotopic (exact) mass is 471 g/mol. The van der Waals surface area contributed by atoms with Crippen molar-refractivity contribution in [2.24, 2.45) is 0 Å². The van der Waals surface area contributed by atoms with E-state index in [0.29, 0.717) is 0 Å². The van der Waals surface area contributed by atoms with Crippen LogP contribution in [0.1, 0.15) is 25.0 Å². The highest BCUT2D eigenvalue weighted by Gasteiger charge is 2.37. The number of halogens is 2. The van der Waals surface area contributed by atoms with Gasteiger partial charge in [0.25, 0.3) is 0 Å². The maximum absolute atomic E-state index is 6.42. The van der Waals surface area contributed by atoms with Crippen molar-refractivity contribution in [3.63, 3.8) is 0 Å². The fourth-order valence-electron chi connectivity index (χ4n) is 5.20. The fraction of sp³-hybridized carbons (Fsp3) is 0.111. The lowest BCUT2D eigenvalue weighted by molar-refractivity contribution is 0.661. The second-order valence-electron chi connectivity index (χ2n) is 8.53. The van der Waals surface area contributed by atoms with E-state index in [9.17, 15) is 0 Å². The Bertz CT molecular complexity index is 1470. The van der Waals surface area contributed by atoms with Crippen LogP contribution in [0.15, 0.2) is 83.3 Å². The van der Waals surface area contributed by atoms with Gasteiger partial charge in [-0.2, -0.15) is 0 Å². The summed E-state index contributed by atoms with van der Waals surface area (Å²) in [4.78, 5) is 0. The van der Waals surface area contributed by atoms with Crippen molar-refractivity contribution in [2.75, 3.05) is 0 Å². The molecule has 0 unspecified atom stereocenters. The highest BCUT2D eigenvalue weighted by Crippen LogP contribution is 2.53. The molecular formula is C27H19BrClN. The first-order valence-electron chi connectivity index (χ1n) is 10.1. The highest BCUT2D eigenvalue weighted by molar-refractivity contribution is 9.10. The number of benzene rings is 4. The zero-order chi connectivity index (χ0) is 20.6. The quantitative estimate of drug-likeness (QED) is 0.230. The van der Waals surface area contributed by atoms with E-state index in [0.717, 1.165) is 15.2 Å². The molecule has 1 nitrogen and oxygen atoms in total. The molecule has 0 fully saturated rings. The molecule has 1 aliphatic rings. The van der Waals surface area contributed by atoms with E-state index >= 15 is 0 Å². The standard InChI is InChI=1S/C27H19BrClN/c1-27(2)21-9-5-3-7-19(21)25-22(27)11-12-24-26(25)20-8-4-6-10-23(20)30(24)18-14-16(28)13-17(29)15-18/h3-15H,1-2H3. The molecule has 4 aromatic carbocycles. The van der Waals surface area contributed by atoms with Gasteiger partial charge in [0, 0.05) is 31.4 Å². The van der Waals surface area contributed by atoms with Crippen molar-refractivity contribution in [1.82, 2.24) is 4.57 Å². The average Bonchev–Trinajstić information content (AvgIpc) is 3.17. The minimum absolute atomic E-state index is 0.0115. The van der Waals surface area contributed by atoms with Crippen molar-refractivity contribution in [2.45, 2.75) is 19.3 Å². The SMILES string of the molecule is CC1(C)c2ccccc2-c2c1ccc1c2c2ccccc2n1-c1cc(Cl)cc(Br)c1. The van der Waals surface area contributed by atoms with Gasteiger partial charge in [-0.15, -0.1) is 0 Å². The van der Waals surface area contributed by atoms with Gasteiger partial charge in [-0.3, -0.25) is 0 Å². The van der Waals surface area contributed by atoms with Crippen LogP contribution >= 0.6 is 27.5 Å². The smallest absolute Gasteiger partial charge is 0.0547 e. The maximum Gasteiger partial charge on any atom is 0.0547 e. The third kappa shape index (κ3) is 2.35. The normalized spacial score (nSPS) is 14.3. The summed E-state index contributed by atoms with van der Waals surface area (Å²) in [7, 11) is 0. The Morgan fingerprint density at radius 3 is 2.40 bits per heavy atom. The first kappa shape index (κ1) is 18.2. The molecule has 0 saturated carbocycles. The molecule has 6 rings (SSSR count). The number of nitrogens with zero attached hydrogens (tertiary/aromatic N) is 1. The summed E-state index contributed by atoms with van der Waals surface area (Å²) in [6, 6.07) is 28.2. The number of aromatic nitrogens is 1. The number of rotatable bonds is 1. The second kappa shape index (κ2) is 6.23. The van der Waals surface area contributed by atoms with Crippen molar-refractivity contribution < 1.29 is 0 Å². The van der Waals surface area contributed by atoms with Crippen molar-refractivity contribution >= 4 is 49.3 Å². The van der Waals surface area contributed by atoms with Crippen LogP contribution in [0, 0.1) is 0 Å². The molecule has 146 valence electrons. The summed E-state index contributed by atoms with van der Waals surface area (Å²) in [6.45, 7) is 4.66. The van der Waals surface area contributed by atoms with Crippen LogP contribution in [-0.4, -0.2) is 4.57 Å². The first-order chi connectivity index (χ1) is 14.5. The Morgan fingerprint density at radius 2 is 1.57 bits per heavy atom. The maximum atomic E-state index is 6.42. The minimum Gasteiger partial charge on any atom is -0.309 e. The molecular weight excluding hydrogens is 454 g/mol. The van der Waals surface area contributed by atoms with Gasteiger partial charge in [0.1, 0.15) is 0 Å². The third-order valence-corrected chi connectivity index (χ3v) is 7.16. The molecule has 0 bridgehead atoms. The molecule has 0 N–H and O–H groups in total. The Balaban J connectivity index is 1.83. The first-order valence-corrected chi connectivity index (χ1v) is 11.3. The lowest BCUT2D eigenvalue weighted by Crippen LogP contribution is -2.14. The van der Waals surface area contributed by atoms with E-state index in [4.69, 9.17) is 11.6 Å². The summed E-state index contributed by atoms with van der Waals surface area (Å²) >= 11 is 10.0. The van der Waals surface area contributed by atoms with Gasteiger partial charge in [-0.05, 0) is 52.6 Å². The molecule has 5 aromatic rings. The van der Waals surface area contributed by atoms with Crippen LogP contribution in [0.3, 0.4) is 0 Å². The van der Waals surface area contributed by atoms with Crippen molar-refractivity contribution in [3.05, 3.63) is 99.5 Å². The van der Waals surface area contributed by atoms with E-state index in [1.165, 1.54) is 44.1 Å². The average molecular weight is 473 g/mol. The lowest BCUT2D eigenvalue weighted by Gasteiger charge is -2.21. The minimum atomic E-state index is -0.0115. The van der Waals surface area contributed by atoms with E-state index in [1.54, 1.807) is 0 Å². The summed E-state index contributed by atoms with van der Waals surface area (Å²) in [5.74, 6) is 0. The predicted octanol–water partition coefficient (Wildman–Crippen LogP) is 8.51. The Hall–Kier alpha value is -2.55. The van der Waals surface area contributed by atoms with Crippen molar-refractivity contribution in [3.8, 4) is 16.8 Å². The summed E-state index contributed by atoms with van der Waals surface area (Å²) in [5.41, 5.74) is 8.95. The third-order valence-electron chi connectivity index (χ3n) is 6.49. The molecule has 30 heavy (non-hydrogen) atoms. The molecule has 1 aromatic heterocycles. The van der Waals surface area contributed by atoms with E-state index < -0.39 is 0 Å². The number of hydrogen-bond acceptors (Lipinski definition) is 0. The Labute approximate surface area is 189 Å². The molecule has 0 amide bonds. The summed E-state index contributed by atoms with van der Waals surface area (Å²) in [5, 5.41) is 3.31. The molecule has 3 heteroatoms. The molecule has 0 atom stereocenters. The van der Waals surface area contributed by atoms with Gasteiger partial charge >= 0.3 is 0 Å². The molecule has 1 aliphatic carbocycles. The van der Waals surface area contributed by atoms with Crippen LogP contribution in [0.25, 0.3) is 38.6 Å². The number of fused-ring (bicyclic) bond motifs is 7. The molecule has 0 radical (unpaired) electrons. The zero-order valence-corrected chi connectivity index (χ0v) is 19.1. The topological polar surface area (TPSA) is 4.93 Å². The second-order valence-corrected chi connectivity index (χ2v) is 9.89. The Morgan fingerprint density at radius 1 is 0.800 bits per heavy atom. The van der Waals surface area contributed by atoms with Gasteiger partial charge in [0.15, 0.2) is 0 Å². The van der Waals surface area contributed by atoms with Gasteiger partial charge < -0.3 is 4.57 Å². The van der Waals surface area contributed by atoms with Crippen LogP contribution in [0.5, 0.6) is 0 Å². The number of para-hydroxylation sites is 1. The van der Waals surface area contributed by atoms with Crippen molar-refractivity contribution in [1.29, 1.82) is 0 Å². The fourth-order valence-corrected chi connectivity index (χ4v) is 6.04. The van der Waals surface area contributed by atoms with Gasteiger partial charge in [0.2, 0.25) is 0 Å².